The molecule has 0 radical (unpaired) electrons. The van der Waals surface area contributed by atoms with Gasteiger partial charge in [-0.25, -0.2) is 4.39 Å². The summed E-state index contributed by atoms with van der Waals surface area (Å²) in [6.45, 7) is 2.68. The quantitative estimate of drug-likeness (QED) is 0.843. The second-order valence-corrected chi connectivity index (χ2v) is 7.43. The summed E-state index contributed by atoms with van der Waals surface area (Å²) in [7, 11) is 1.65. The van der Waals surface area contributed by atoms with Crippen molar-refractivity contribution in [2.45, 2.75) is 6.42 Å². The summed E-state index contributed by atoms with van der Waals surface area (Å²) < 4.78 is 18.7. The first-order valence-electron chi connectivity index (χ1n) is 9.80. The van der Waals surface area contributed by atoms with Gasteiger partial charge in [-0.2, -0.15) is 0 Å². The van der Waals surface area contributed by atoms with E-state index in [0.717, 1.165) is 24.5 Å². The molecule has 2 amide bonds. The minimum Gasteiger partial charge on any atom is -0.495 e. The lowest BCUT2D eigenvalue weighted by atomic mass is 10.2. The number of hydrogen-bond acceptors (Lipinski definition) is 4. The Hall–Kier alpha value is -3.09. The number of nitrogens with one attached hydrogen (secondary N) is 1. The second-order valence-electron chi connectivity index (χ2n) is 7.43. The lowest BCUT2D eigenvalue weighted by molar-refractivity contribution is -0.134. The molecule has 1 saturated heterocycles. The maximum absolute atomic E-state index is 13.3. The third-order valence-corrected chi connectivity index (χ3v) is 5.55. The van der Waals surface area contributed by atoms with E-state index in [0.29, 0.717) is 25.2 Å². The molecule has 0 spiro atoms. The molecule has 0 aromatic heterocycles. The van der Waals surface area contributed by atoms with Crippen LogP contribution in [0.5, 0.6) is 5.75 Å². The number of carbonyl (C=O) groups is 2. The van der Waals surface area contributed by atoms with Crippen LogP contribution in [0.3, 0.4) is 0 Å². The van der Waals surface area contributed by atoms with E-state index in [1.807, 2.05) is 29.2 Å². The normalized spacial score (nSPS) is 20.9. The summed E-state index contributed by atoms with van der Waals surface area (Å²) in [5.74, 6) is -0.382. The lowest BCUT2D eigenvalue weighted by Crippen LogP contribution is -2.49. The number of ether oxygens (including phenoxy) is 1. The zero-order valence-corrected chi connectivity index (χ0v) is 16.3. The summed E-state index contributed by atoms with van der Waals surface area (Å²) >= 11 is 0. The van der Waals surface area contributed by atoms with Crippen molar-refractivity contribution in [3.8, 4) is 5.75 Å². The SMILES string of the molecule is COc1ccccc1N1CCN(C(=O)C2CC2C(=O)Nc2cccc(F)c2)CC1. The van der Waals surface area contributed by atoms with Gasteiger partial charge in [-0.3, -0.25) is 9.59 Å². The summed E-state index contributed by atoms with van der Waals surface area (Å²) in [4.78, 5) is 29.2. The van der Waals surface area contributed by atoms with Crippen molar-refractivity contribution in [2.24, 2.45) is 11.8 Å². The number of nitrogens with zero attached hydrogens (tertiary/aromatic N) is 2. The van der Waals surface area contributed by atoms with Gasteiger partial charge in [-0.05, 0) is 36.8 Å². The molecular formula is C22H24FN3O3. The minimum absolute atomic E-state index is 0.0315. The number of para-hydroxylation sites is 2. The summed E-state index contributed by atoms with van der Waals surface area (Å²) in [5, 5.41) is 2.70. The Morgan fingerprint density at radius 3 is 2.52 bits per heavy atom. The lowest BCUT2D eigenvalue weighted by Gasteiger charge is -2.36. The van der Waals surface area contributed by atoms with Crippen LogP contribution in [0, 0.1) is 17.7 Å². The molecule has 2 aliphatic rings. The third-order valence-electron chi connectivity index (χ3n) is 5.55. The van der Waals surface area contributed by atoms with Crippen LogP contribution in [0.4, 0.5) is 15.8 Å². The van der Waals surface area contributed by atoms with Crippen LogP contribution in [0.15, 0.2) is 48.5 Å². The predicted molar refractivity (Wildman–Crippen MR) is 108 cm³/mol. The number of carbonyl (C=O) groups excluding carboxylic acids is 2. The molecule has 4 rings (SSSR count). The number of anilines is 2. The van der Waals surface area contributed by atoms with E-state index in [1.54, 1.807) is 19.2 Å². The number of hydrogen-bond donors (Lipinski definition) is 1. The largest absolute Gasteiger partial charge is 0.495 e. The van der Waals surface area contributed by atoms with E-state index in [1.165, 1.54) is 12.1 Å². The fourth-order valence-electron chi connectivity index (χ4n) is 3.85. The molecule has 29 heavy (non-hydrogen) atoms. The number of piperazine rings is 1. The molecule has 2 unspecified atom stereocenters. The van der Waals surface area contributed by atoms with Gasteiger partial charge in [0.25, 0.3) is 0 Å². The average molecular weight is 397 g/mol. The number of benzene rings is 2. The van der Waals surface area contributed by atoms with Crippen LogP contribution >= 0.6 is 0 Å². The fourth-order valence-corrected chi connectivity index (χ4v) is 3.85. The first-order valence-corrected chi connectivity index (χ1v) is 9.80. The molecule has 1 N–H and O–H groups in total. The Morgan fingerprint density at radius 1 is 1.03 bits per heavy atom. The highest BCUT2D eigenvalue weighted by Crippen LogP contribution is 2.41. The van der Waals surface area contributed by atoms with Gasteiger partial charge >= 0.3 is 0 Å². The van der Waals surface area contributed by atoms with Gasteiger partial charge in [-0.1, -0.05) is 18.2 Å². The number of rotatable bonds is 5. The number of amides is 2. The summed E-state index contributed by atoms with van der Waals surface area (Å²) in [6.07, 6.45) is 0.548. The van der Waals surface area contributed by atoms with Gasteiger partial charge in [0, 0.05) is 31.9 Å². The highest BCUT2D eigenvalue weighted by Gasteiger charge is 2.49. The maximum Gasteiger partial charge on any atom is 0.228 e. The first kappa shape index (κ1) is 19.2. The van der Waals surface area contributed by atoms with Gasteiger partial charge in [0.2, 0.25) is 11.8 Å². The van der Waals surface area contributed by atoms with Gasteiger partial charge in [0.1, 0.15) is 11.6 Å². The molecule has 2 atom stereocenters. The van der Waals surface area contributed by atoms with Crippen LogP contribution in [-0.4, -0.2) is 50.0 Å². The van der Waals surface area contributed by atoms with Crippen LogP contribution in [0.25, 0.3) is 0 Å². The predicted octanol–water partition coefficient (Wildman–Crippen LogP) is 2.76. The van der Waals surface area contributed by atoms with E-state index in [2.05, 4.69) is 10.2 Å². The minimum atomic E-state index is -0.404. The topological polar surface area (TPSA) is 61.9 Å². The monoisotopic (exact) mass is 397 g/mol. The molecule has 2 aromatic rings. The van der Waals surface area contributed by atoms with E-state index >= 15 is 0 Å². The Kier molecular flexibility index (Phi) is 5.38. The van der Waals surface area contributed by atoms with Crippen molar-refractivity contribution < 1.29 is 18.7 Å². The standard InChI is InChI=1S/C22H24FN3O3/c1-29-20-8-3-2-7-19(20)25-9-11-26(12-10-25)22(28)18-14-17(18)21(27)24-16-6-4-5-15(23)13-16/h2-8,13,17-18H,9-12,14H2,1H3,(H,24,27). The molecule has 7 heteroatoms. The third kappa shape index (κ3) is 4.18. The number of halogens is 1. The van der Waals surface area contributed by atoms with Crippen molar-refractivity contribution in [2.75, 3.05) is 43.5 Å². The van der Waals surface area contributed by atoms with Crippen molar-refractivity contribution >= 4 is 23.2 Å². The van der Waals surface area contributed by atoms with E-state index in [9.17, 15) is 14.0 Å². The molecule has 6 nitrogen and oxygen atoms in total. The van der Waals surface area contributed by atoms with Crippen LogP contribution in [-0.2, 0) is 9.59 Å². The summed E-state index contributed by atoms with van der Waals surface area (Å²) in [5.41, 5.74) is 1.44. The van der Waals surface area contributed by atoms with Gasteiger partial charge < -0.3 is 19.9 Å². The highest BCUT2D eigenvalue weighted by atomic mass is 19.1. The Morgan fingerprint density at radius 2 is 1.79 bits per heavy atom. The zero-order valence-electron chi connectivity index (χ0n) is 16.3. The maximum atomic E-state index is 13.3. The van der Waals surface area contributed by atoms with Crippen LogP contribution in [0.1, 0.15) is 6.42 Å². The average Bonchev–Trinajstić information content (AvgIpc) is 3.54. The van der Waals surface area contributed by atoms with E-state index in [4.69, 9.17) is 4.74 Å². The molecule has 1 heterocycles. The molecule has 2 aromatic carbocycles. The van der Waals surface area contributed by atoms with E-state index in [-0.39, 0.29) is 23.7 Å². The zero-order chi connectivity index (χ0) is 20.4. The van der Waals surface area contributed by atoms with Crippen molar-refractivity contribution in [3.63, 3.8) is 0 Å². The molecule has 1 aliphatic heterocycles. The first-order chi connectivity index (χ1) is 14.1. The molecular weight excluding hydrogens is 373 g/mol. The fraction of sp³-hybridized carbons (Fsp3) is 0.364. The molecule has 152 valence electrons. The van der Waals surface area contributed by atoms with Crippen molar-refractivity contribution in [3.05, 3.63) is 54.3 Å². The van der Waals surface area contributed by atoms with Gasteiger partial charge in [-0.15, -0.1) is 0 Å². The van der Waals surface area contributed by atoms with Crippen molar-refractivity contribution in [1.29, 1.82) is 0 Å². The number of methoxy groups -OCH3 is 1. The van der Waals surface area contributed by atoms with Crippen molar-refractivity contribution in [1.82, 2.24) is 4.90 Å². The highest BCUT2D eigenvalue weighted by molar-refractivity contribution is 5.99. The summed E-state index contributed by atoms with van der Waals surface area (Å²) in [6, 6.07) is 13.6. The molecule has 0 bridgehead atoms. The Labute approximate surface area is 169 Å². The van der Waals surface area contributed by atoms with Gasteiger partial charge in [0.05, 0.1) is 24.6 Å². The smallest absolute Gasteiger partial charge is 0.228 e. The van der Waals surface area contributed by atoms with Crippen LogP contribution < -0.4 is 15.0 Å². The van der Waals surface area contributed by atoms with E-state index < -0.39 is 5.82 Å². The molecule has 1 saturated carbocycles. The Bertz CT molecular complexity index is 912. The van der Waals surface area contributed by atoms with Gasteiger partial charge in [0.15, 0.2) is 0 Å². The molecule has 2 fully saturated rings. The molecule has 1 aliphatic carbocycles. The second kappa shape index (κ2) is 8.11. The van der Waals surface area contributed by atoms with Crippen LogP contribution in [0.2, 0.25) is 0 Å². The Balaban J connectivity index is 1.30.